The topological polar surface area (TPSA) is 99.5 Å². The third-order valence-electron chi connectivity index (χ3n) is 4.06. The molecule has 172 valence electrons. The number of carbonyl (C=O) groups is 2. The lowest BCUT2D eigenvalue weighted by Crippen LogP contribution is -2.32. The maximum atomic E-state index is 13.0. The standard InChI is InChI=1S/C19H18F3N3O5S2/c1-2-29-15(27)9-23-14(26)10-32-18-24-13-7-8-31-16(13)17(28)25(18)11-3-5-12(6-4-11)30-19(20,21)22/h3-6H,2,7-10H2,1H3,(H,23,26). The smallest absolute Gasteiger partial charge is 0.465 e. The van der Waals surface area contributed by atoms with Crippen LogP contribution in [0.4, 0.5) is 13.2 Å². The molecule has 0 bridgehead atoms. The van der Waals surface area contributed by atoms with E-state index in [1.54, 1.807) is 6.92 Å². The molecule has 3 rings (SSSR count). The van der Waals surface area contributed by atoms with Gasteiger partial charge in [-0.2, -0.15) is 0 Å². The van der Waals surface area contributed by atoms with Crippen molar-refractivity contribution in [2.75, 3.05) is 24.7 Å². The highest BCUT2D eigenvalue weighted by Gasteiger charge is 2.31. The van der Waals surface area contributed by atoms with Crippen molar-refractivity contribution in [1.82, 2.24) is 14.9 Å². The first-order valence-corrected chi connectivity index (χ1v) is 11.3. The molecule has 0 fully saturated rings. The number of nitrogens with zero attached hydrogens (tertiary/aromatic N) is 2. The minimum absolute atomic E-state index is 0.132. The molecule has 0 unspecified atom stereocenters. The number of halogens is 3. The Morgan fingerprint density at radius 2 is 2.00 bits per heavy atom. The number of hydrogen-bond acceptors (Lipinski definition) is 8. The zero-order valence-corrected chi connectivity index (χ0v) is 18.4. The van der Waals surface area contributed by atoms with Gasteiger partial charge in [0.25, 0.3) is 5.56 Å². The molecular weight excluding hydrogens is 471 g/mol. The molecule has 8 nitrogen and oxygen atoms in total. The average molecular weight is 489 g/mol. The van der Waals surface area contributed by atoms with Gasteiger partial charge in [0, 0.05) is 12.2 Å². The van der Waals surface area contributed by atoms with Crippen molar-refractivity contribution in [2.45, 2.75) is 29.8 Å². The Hall–Kier alpha value is -2.67. The maximum Gasteiger partial charge on any atom is 0.573 e. The van der Waals surface area contributed by atoms with Gasteiger partial charge in [-0.25, -0.2) is 4.98 Å². The highest BCUT2D eigenvalue weighted by Crippen LogP contribution is 2.30. The summed E-state index contributed by atoms with van der Waals surface area (Å²) in [6, 6.07) is 4.80. The molecule has 1 N–H and O–H groups in total. The molecule has 1 amide bonds. The molecule has 0 spiro atoms. The lowest BCUT2D eigenvalue weighted by Gasteiger charge is -2.14. The molecule has 0 atom stereocenters. The third kappa shape index (κ3) is 6.19. The van der Waals surface area contributed by atoms with E-state index in [9.17, 15) is 27.6 Å². The number of amides is 1. The molecule has 2 aromatic rings. The maximum absolute atomic E-state index is 13.0. The Bertz CT molecular complexity index is 1060. The van der Waals surface area contributed by atoms with Crippen LogP contribution in [0.5, 0.6) is 5.75 Å². The fraction of sp³-hybridized carbons (Fsp3) is 0.368. The molecule has 1 aromatic carbocycles. The Morgan fingerprint density at radius 3 is 2.66 bits per heavy atom. The summed E-state index contributed by atoms with van der Waals surface area (Å²) in [5.41, 5.74) is 0.529. The van der Waals surface area contributed by atoms with Crippen LogP contribution in [-0.4, -0.2) is 52.4 Å². The number of nitrogens with one attached hydrogen (secondary N) is 1. The SMILES string of the molecule is CCOC(=O)CNC(=O)CSc1nc2c(c(=O)n1-c1ccc(OC(F)(F)F)cc1)SCC2. The molecular formula is C19H18F3N3O5S2. The van der Waals surface area contributed by atoms with Crippen LogP contribution in [0, 0.1) is 0 Å². The summed E-state index contributed by atoms with van der Waals surface area (Å²) in [6.07, 6.45) is -4.24. The van der Waals surface area contributed by atoms with Crippen LogP contribution in [0.25, 0.3) is 5.69 Å². The minimum atomic E-state index is -4.83. The van der Waals surface area contributed by atoms with Crippen LogP contribution in [-0.2, 0) is 20.7 Å². The fourth-order valence-corrected chi connectivity index (χ4v) is 4.66. The van der Waals surface area contributed by atoms with Crippen LogP contribution < -0.4 is 15.6 Å². The Kier molecular flexibility index (Phi) is 7.72. The zero-order chi connectivity index (χ0) is 23.3. The first-order chi connectivity index (χ1) is 15.2. The summed E-state index contributed by atoms with van der Waals surface area (Å²) in [4.78, 5) is 41.5. The van der Waals surface area contributed by atoms with E-state index in [0.717, 1.165) is 23.9 Å². The molecule has 13 heteroatoms. The van der Waals surface area contributed by atoms with Gasteiger partial charge in [0.15, 0.2) is 5.16 Å². The Morgan fingerprint density at radius 1 is 1.28 bits per heavy atom. The second kappa shape index (κ2) is 10.3. The number of aromatic nitrogens is 2. The van der Waals surface area contributed by atoms with Crippen molar-refractivity contribution in [3.8, 4) is 11.4 Å². The lowest BCUT2D eigenvalue weighted by atomic mass is 10.3. The van der Waals surface area contributed by atoms with Gasteiger partial charge in [0.2, 0.25) is 5.91 Å². The van der Waals surface area contributed by atoms with Gasteiger partial charge in [-0.05, 0) is 31.2 Å². The van der Waals surface area contributed by atoms with Crippen molar-refractivity contribution in [3.05, 3.63) is 40.3 Å². The summed E-state index contributed by atoms with van der Waals surface area (Å²) < 4.78 is 47.1. The minimum Gasteiger partial charge on any atom is -0.465 e. The van der Waals surface area contributed by atoms with Crippen LogP contribution in [0.3, 0.4) is 0 Å². The predicted molar refractivity (Wildman–Crippen MR) is 111 cm³/mol. The quantitative estimate of drug-likeness (QED) is 0.343. The van der Waals surface area contributed by atoms with Crippen LogP contribution in [0.1, 0.15) is 12.6 Å². The number of benzene rings is 1. The number of carbonyl (C=O) groups excluding carboxylic acids is 2. The number of fused-ring (bicyclic) bond motifs is 1. The first kappa shape index (κ1) is 24.0. The number of hydrogen-bond donors (Lipinski definition) is 1. The Balaban J connectivity index is 1.82. The number of esters is 1. The van der Waals surface area contributed by atoms with E-state index < -0.39 is 24.0 Å². The van der Waals surface area contributed by atoms with Crippen LogP contribution in [0.15, 0.2) is 39.1 Å². The number of thioether (sulfide) groups is 2. The van der Waals surface area contributed by atoms with E-state index in [1.165, 1.54) is 28.5 Å². The number of alkyl halides is 3. The molecule has 32 heavy (non-hydrogen) atoms. The Labute approximate surface area is 188 Å². The van der Waals surface area contributed by atoms with E-state index in [4.69, 9.17) is 4.74 Å². The second-order valence-corrected chi connectivity index (χ2v) is 8.37. The van der Waals surface area contributed by atoms with E-state index >= 15 is 0 Å². The van der Waals surface area contributed by atoms with E-state index in [2.05, 4.69) is 15.0 Å². The van der Waals surface area contributed by atoms with Gasteiger partial charge < -0.3 is 14.8 Å². The summed E-state index contributed by atoms with van der Waals surface area (Å²) in [5, 5.41) is 2.63. The van der Waals surface area contributed by atoms with Gasteiger partial charge in [-0.3, -0.25) is 19.0 Å². The van der Waals surface area contributed by atoms with Crippen molar-refractivity contribution in [2.24, 2.45) is 0 Å². The molecule has 0 saturated heterocycles. The fourth-order valence-electron chi connectivity index (χ4n) is 2.78. The van der Waals surface area contributed by atoms with Crippen molar-refractivity contribution in [1.29, 1.82) is 0 Å². The molecule has 1 aliphatic rings. The molecule has 1 aliphatic heterocycles. The third-order valence-corrected chi connectivity index (χ3v) is 6.11. The number of aryl methyl sites for hydroxylation is 1. The van der Waals surface area contributed by atoms with Crippen LogP contribution in [0.2, 0.25) is 0 Å². The summed E-state index contributed by atoms with van der Waals surface area (Å²) in [6.45, 7) is 1.56. The van der Waals surface area contributed by atoms with E-state index in [-0.39, 0.29) is 35.3 Å². The van der Waals surface area contributed by atoms with Crippen molar-refractivity contribution in [3.63, 3.8) is 0 Å². The highest BCUT2D eigenvalue weighted by atomic mass is 32.2. The second-order valence-electron chi connectivity index (χ2n) is 6.32. The van der Waals surface area contributed by atoms with Gasteiger partial charge in [-0.1, -0.05) is 11.8 Å². The van der Waals surface area contributed by atoms with Crippen molar-refractivity contribution < 1.29 is 32.2 Å². The largest absolute Gasteiger partial charge is 0.573 e. The summed E-state index contributed by atoms with van der Waals surface area (Å²) in [5.74, 6) is -0.911. The molecule has 0 saturated carbocycles. The highest BCUT2D eigenvalue weighted by molar-refractivity contribution is 8.00. The van der Waals surface area contributed by atoms with Gasteiger partial charge in [0.05, 0.1) is 28.6 Å². The molecule has 0 radical (unpaired) electrons. The normalized spacial score (nSPS) is 12.9. The first-order valence-electron chi connectivity index (χ1n) is 9.38. The monoisotopic (exact) mass is 489 g/mol. The van der Waals surface area contributed by atoms with E-state index in [0.29, 0.717) is 22.8 Å². The van der Waals surface area contributed by atoms with Gasteiger partial charge in [0.1, 0.15) is 12.3 Å². The summed E-state index contributed by atoms with van der Waals surface area (Å²) >= 11 is 2.33. The van der Waals surface area contributed by atoms with Crippen molar-refractivity contribution >= 4 is 35.4 Å². The molecule has 2 heterocycles. The lowest BCUT2D eigenvalue weighted by molar-refractivity contribution is -0.274. The average Bonchev–Trinajstić information content (AvgIpc) is 3.20. The summed E-state index contributed by atoms with van der Waals surface area (Å²) in [7, 11) is 0. The van der Waals surface area contributed by atoms with Gasteiger partial charge in [-0.15, -0.1) is 24.9 Å². The number of ether oxygens (including phenoxy) is 2. The zero-order valence-electron chi connectivity index (χ0n) is 16.7. The molecule has 1 aromatic heterocycles. The molecule has 0 aliphatic carbocycles. The predicted octanol–water partition coefficient (Wildman–Crippen LogP) is 2.55. The van der Waals surface area contributed by atoms with Gasteiger partial charge >= 0.3 is 12.3 Å². The number of rotatable bonds is 8. The van der Waals surface area contributed by atoms with E-state index in [1.807, 2.05) is 0 Å². The van der Waals surface area contributed by atoms with Crippen LogP contribution >= 0.6 is 23.5 Å².